The third kappa shape index (κ3) is 3.20. The second-order valence-corrected chi connectivity index (χ2v) is 5.71. The van der Waals surface area contributed by atoms with Gasteiger partial charge in [-0.2, -0.15) is 0 Å². The summed E-state index contributed by atoms with van der Waals surface area (Å²) >= 11 is 0. The molecule has 1 heteroatoms. The Labute approximate surface area is 99.3 Å². The van der Waals surface area contributed by atoms with Gasteiger partial charge in [0.1, 0.15) is 5.78 Å². The molecule has 0 atom stereocenters. The van der Waals surface area contributed by atoms with Crippen LogP contribution < -0.4 is 0 Å². The summed E-state index contributed by atoms with van der Waals surface area (Å²) in [5.74, 6) is 1.76. The topological polar surface area (TPSA) is 17.1 Å². The first-order chi connectivity index (χ1) is 7.75. The minimum Gasteiger partial charge on any atom is -0.299 e. The van der Waals surface area contributed by atoms with Crippen molar-refractivity contribution in [2.45, 2.75) is 64.7 Å². The van der Waals surface area contributed by atoms with Gasteiger partial charge in [0.15, 0.2) is 0 Å². The zero-order chi connectivity index (χ0) is 11.4. The van der Waals surface area contributed by atoms with Crippen molar-refractivity contribution in [3.8, 4) is 0 Å². The molecule has 0 unspecified atom stereocenters. The smallest absolute Gasteiger partial charge is 0.139 e. The molecule has 0 heterocycles. The van der Waals surface area contributed by atoms with E-state index in [9.17, 15) is 4.79 Å². The first kappa shape index (κ1) is 11.9. The third-order valence-electron chi connectivity index (χ3n) is 4.26. The van der Waals surface area contributed by atoms with Crippen molar-refractivity contribution in [2.75, 3.05) is 0 Å². The van der Waals surface area contributed by atoms with Gasteiger partial charge in [-0.3, -0.25) is 4.79 Å². The Bertz CT molecular complexity index is 269. The van der Waals surface area contributed by atoms with E-state index in [1.807, 2.05) is 0 Å². The van der Waals surface area contributed by atoms with Gasteiger partial charge in [-0.1, -0.05) is 31.4 Å². The van der Waals surface area contributed by atoms with Gasteiger partial charge in [0.05, 0.1) is 0 Å². The quantitative estimate of drug-likeness (QED) is 0.649. The van der Waals surface area contributed by atoms with Gasteiger partial charge in [-0.05, 0) is 44.4 Å². The van der Waals surface area contributed by atoms with Crippen molar-refractivity contribution >= 4 is 5.78 Å². The van der Waals surface area contributed by atoms with Crippen LogP contribution in [0.1, 0.15) is 64.7 Å². The fourth-order valence-corrected chi connectivity index (χ4v) is 3.02. The van der Waals surface area contributed by atoms with E-state index in [-0.39, 0.29) is 0 Å². The Kier molecular flexibility index (Phi) is 4.20. The molecule has 16 heavy (non-hydrogen) atoms. The van der Waals surface area contributed by atoms with Crippen LogP contribution in [0.3, 0.4) is 0 Å². The first-order valence-electron chi connectivity index (χ1n) is 6.96. The van der Waals surface area contributed by atoms with E-state index in [0.29, 0.717) is 11.7 Å². The molecule has 1 nitrogen and oxygen atoms in total. The normalized spacial score (nSPS) is 30.9. The third-order valence-corrected chi connectivity index (χ3v) is 4.26. The maximum absolute atomic E-state index is 12.1. The molecule has 0 aliphatic heterocycles. The SMILES string of the molecule is CC1CCC(C(=O)CC2=CCCCC2)CC1. The van der Waals surface area contributed by atoms with Gasteiger partial charge in [-0.25, -0.2) is 0 Å². The van der Waals surface area contributed by atoms with Crippen LogP contribution in [0.15, 0.2) is 11.6 Å². The van der Waals surface area contributed by atoms with Gasteiger partial charge in [-0.15, -0.1) is 0 Å². The van der Waals surface area contributed by atoms with E-state index < -0.39 is 0 Å². The lowest BCUT2D eigenvalue weighted by Gasteiger charge is -2.25. The molecule has 0 radical (unpaired) electrons. The molecule has 0 saturated heterocycles. The van der Waals surface area contributed by atoms with E-state index >= 15 is 0 Å². The van der Waals surface area contributed by atoms with E-state index in [2.05, 4.69) is 13.0 Å². The number of hydrogen-bond acceptors (Lipinski definition) is 1. The molecule has 0 aromatic rings. The molecule has 0 aromatic heterocycles. The van der Waals surface area contributed by atoms with E-state index in [4.69, 9.17) is 0 Å². The molecule has 0 amide bonds. The molecule has 0 spiro atoms. The van der Waals surface area contributed by atoms with Gasteiger partial charge in [0, 0.05) is 12.3 Å². The number of rotatable bonds is 3. The molecule has 2 rings (SSSR count). The Morgan fingerprint density at radius 2 is 2.00 bits per heavy atom. The molecule has 90 valence electrons. The highest BCUT2D eigenvalue weighted by Crippen LogP contribution is 2.31. The Morgan fingerprint density at radius 3 is 2.62 bits per heavy atom. The molecule has 0 aromatic carbocycles. The van der Waals surface area contributed by atoms with Crippen molar-refractivity contribution in [2.24, 2.45) is 11.8 Å². The number of allylic oxidation sites excluding steroid dienone is 2. The summed E-state index contributed by atoms with van der Waals surface area (Å²) in [6.45, 7) is 2.31. The van der Waals surface area contributed by atoms with Crippen molar-refractivity contribution in [3.63, 3.8) is 0 Å². The maximum atomic E-state index is 12.1. The van der Waals surface area contributed by atoms with E-state index in [0.717, 1.165) is 25.2 Å². The first-order valence-corrected chi connectivity index (χ1v) is 6.96. The maximum Gasteiger partial charge on any atom is 0.139 e. The van der Waals surface area contributed by atoms with E-state index in [1.54, 1.807) is 0 Å². The zero-order valence-corrected chi connectivity index (χ0v) is 10.5. The fourth-order valence-electron chi connectivity index (χ4n) is 3.02. The Morgan fingerprint density at radius 1 is 1.25 bits per heavy atom. The highest BCUT2D eigenvalue weighted by atomic mass is 16.1. The lowest BCUT2D eigenvalue weighted by molar-refractivity contribution is -0.123. The molecular formula is C15H24O. The van der Waals surface area contributed by atoms with Crippen LogP contribution in [0.2, 0.25) is 0 Å². The lowest BCUT2D eigenvalue weighted by atomic mass is 9.79. The van der Waals surface area contributed by atoms with Crippen LogP contribution in [-0.2, 0) is 4.79 Å². The summed E-state index contributed by atoms with van der Waals surface area (Å²) < 4.78 is 0. The highest BCUT2D eigenvalue weighted by molar-refractivity contribution is 5.83. The molecule has 0 N–H and O–H groups in total. The number of hydrogen-bond donors (Lipinski definition) is 0. The van der Waals surface area contributed by atoms with Gasteiger partial charge < -0.3 is 0 Å². The molecule has 1 fully saturated rings. The van der Waals surface area contributed by atoms with Crippen molar-refractivity contribution in [1.82, 2.24) is 0 Å². The Hall–Kier alpha value is -0.590. The van der Waals surface area contributed by atoms with Gasteiger partial charge in [0.2, 0.25) is 0 Å². The summed E-state index contributed by atoms with van der Waals surface area (Å²) in [5, 5.41) is 0. The predicted molar refractivity (Wildman–Crippen MR) is 67.3 cm³/mol. The average molecular weight is 220 g/mol. The minimum absolute atomic E-state index is 0.388. The largest absolute Gasteiger partial charge is 0.299 e. The summed E-state index contributed by atoms with van der Waals surface area (Å²) in [7, 11) is 0. The van der Waals surface area contributed by atoms with Gasteiger partial charge in [0.25, 0.3) is 0 Å². The second-order valence-electron chi connectivity index (χ2n) is 5.71. The summed E-state index contributed by atoms with van der Waals surface area (Å²) in [6.07, 6.45) is 12.9. The minimum atomic E-state index is 0.388. The molecule has 2 aliphatic rings. The van der Waals surface area contributed by atoms with E-state index in [1.165, 1.54) is 44.1 Å². The molecular weight excluding hydrogens is 196 g/mol. The van der Waals surface area contributed by atoms with Crippen LogP contribution in [0, 0.1) is 11.8 Å². The van der Waals surface area contributed by atoms with Crippen molar-refractivity contribution < 1.29 is 4.79 Å². The summed E-state index contributed by atoms with van der Waals surface area (Å²) in [6, 6.07) is 0. The second kappa shape index (κ2) is 5.65. The zero-order valence-electron chi connectivity index (χ0n) is 10.5. The number of carbonyl (C=O) groups is 1. The lowest BCUT2D eigenvalue weighted by Crippen LogP contribution is -2.21. The Balaban J connectivity index is 1.81. The molecule has 2 aliphatic carbocycles. The predicted octanol–water partition coefficient (Wildman–Crippen LogP) is 4.27. The highest BCUT2D eigenvalue weighted by Gasteiger charge is 2.24. The van der Waals surface area contributed by atoms with Crippen LogP contribution >= 0.6 is 0 Å². The fraction of sp³-hybridized carbons (Fsp3) is 0.800. The van der Waals surface area contributed by atoms with Crippen LogP contribution in [-0.4, -0.2) is 5.78 Å². The van der Waals surface area contributed by atoms with Crippen LogP contribution in [0.25, 0.3) is 0 Å². The van der Waals surface area contributed by atoms with Crippen LogP contribution in [0.4, 0.5) is 0 Å². The number of ketones is 1. The van der Waals surface area contributed by atoms with Gasteiger partial charge >= 0.3 is 0 Å². The van der Waals surface area contributed by atoms with Crippen molar-refractivity contribution in [3.05, 3.63) is 11.6 Å². The van der Waals surface area contributed by atoms with Crippen molar-refractivity contribution in [1.29, 1.82) is 0 Å². The molecule has 1 saturated carbocycles. The summed E-state index contributed by atoms with van der Waals surface area (Å²) in [4.78, 5) is 12.1. The molecule has 0 bridgehead atoms. The number of carbonyl (C=O) groups excluding carboxylic acids is 1. The van der Waals surface area contributed by atoms with Crippen LogP contribution in [0.5, 0.6) is 0 Å². The monoisotopic (exact) mass is 220 g/mol. The number of Topliss-reactive ketones (excluding diaryl/α,β-unsaturated/α-hetero) is 1. The summed E-state index contributed by atoms with van der Waals surface area (Å²) in [5.41, 5.74) is 1.43. The standard InChI is InChI=1S/C15H24O/c1-12-7-9-14(10-8-12)15(16)11-13-5-3-2-4-6-13/h5,12,14H,2-4,6-11H2,1H3. The average Bonchev–Trinajstić information content (AvgIpc) is 2.31.